The standard InChI is InChI=1S/C15H19NO3/c1-3-15(4-2,19-16)12-9-11-10(8-14(12)18)6-5-7-13(11)17/h5-9,17-18H,3-4,16H2,1-2H3. The van der Waals surface area contributed by atoms with Crippen molar-refractivity contribution in [2.45, 2.75) is 32.3 Å². The Morgan fingerprint density at radius 1 is 1.11 bits per heavy atom. The Balaban J connectivity index is 2.73. The largest absolute Gasteiger partial charge is 0.508 e. The highest BCUT2D eigenvalue weighted by Crippen LogP contribution is 2.40. The minimum atomic E-state index is -0.736. The number of phenols is 2. The first kappa shape index (κ1) is 13.6. The van der Waals surface area contributed by atoms with E-state index in [4.69, 9.17) is 10.7 Å². The molecule has 0 bridgehead atoms. The van der Waals surface area contributed by atoms with Gasteiger partial charge in [0.05, 0.1) is 0 Å². The predicted octanol–water partition coefficient (Wildman–Crippen LogP) is 3.16. The van der Waals surface area contributed by atoms with Crippen molar-refractivity contribution in [1.82, 2.24) is 0 Å². The lowest BCUT2D eigenvalue weighted by molar-refractivity contribution is -0.0607. The normalized spacial score (nSPS) is 11.9. The van der Waals surface area contributed by atoms with Crippen LogP contribution in [0.1, 0.15) is 32.3 Å². The van der Waals surface area contributed by atoms with Crippen molar-refractivity contribution in [3.63, 3.8) is 0 Å². The lowest BCUT2D eigenvalue weighted by atomic mass is 9.86. The summed E-state index contributed by atoms with van der Waals surface area (Å²) >= 11 is 0. The van der Waals surface area contributed by atoms with Crippen molar-refractivity contribution in [1.29, 1.82) is 0 Å². The minimum absolute atomic E-state index is 0.132. The highest BCUT2D eigenvalue weighted by molar-refractivity contribution is 5.90. The molecular weight excluding hydrogens is 242 g/mol. The van der Waals surface area contributed by atoms with Gasteiger partial charge in [0.1, 0.15) is 17.1 Å². The Bertz CT molecular complexity index is 583. The number of rotatable bonds is 4. The first-order valence-corrected chi connectivity index (χ1v) is 6.41. The molecule has 0 amide bonds. The topological polar surface area (TPSA) is 75.7 Å². The summed E-state index contributed by atoms with van der Waals surface area (Å²) in [7, 11) is 0. The van der Waals surface area contributed by atoms with Gasteiger partial charge in [0, 0.05) is 10.9 Å². The van der Waals surface area contributed by atoms with Gasteiger partial charge in [-0.25, -0.2) is 5.90 Å². The number of hydrogen-bond donors (Lipinski definition) is 3. The Morgan fingerprint density at radius 2 is 1.79 bits per heavy atom. The van der Waals surface area contributed by atoms with E-state index in [1.54, 1.807) is 24.3 Å². The molecule has 0 fully saturated rings. The van der Waals surface area contributed by atoms with Crippen molar-refractivity contribution in [2.75, 3.05) is 0 Å². The summed E-state index contributed by atoms with van der Waals surface area (Å²) in [5, 5.41) is 21.6. The molecule has 0 heterocycles. The number of nitrogens with two attached hydrogens (primary N) is 1. The van der Waals surface area contributed by atoms with Gasteiger partial charge in [-0.3, -0.25) is 4.84 Å². The smallest absolute Gasteiger partial charge is 0.123 e. The fourth-order valence-electron chi connectivity index (χ4n) is 2.52. The molecule has 0 aliphatic heterocycles. The maximum absolute atomic E-state index is 10.2. The van der Waals surface area contributed by atoms with Crippen LogP contribution in [0, 0.1) is 0 Å². The van der Waals surface area contributed by atoms with Crippen LogP contribution < -0.4 is 5.90 Å². The van der Waals surface area contributed by atoms with Crippen molar-refractivity contribution < 1.29 is 15.1 Å². The summed E-state index contributed by atoms with van der Waals surface area (Å²) in [5.41, 5.74) is -0.130. The fraction of sp³-hybridized carbons (Fsp3) is 0.333. The molecule has 0 saturated carbocycles. The lowest BCUT2D eigenvalue weighted by Gasteiger charge is -2.30. The Labute approximate surface area is 112 Å². The molecule has 4 N–H and O–H groups in total. The molecule has 2 aromatic carbocycles. The van der Waals surface area contributed by atoms with Crippen LogP contribution in [0.4, 0.5) is 0 Å². The van der Waals surface area contributed by atoms with E-state index < -0.39 is 5.60 Å². The summed E-state index contributed by atoms with van der Waals surface area (Å²) in [6.07, 6.45) is 1.26. The Morgan fingerprint density at radius 3 is 2.37 bits per heavy atom. The second-order valence-corrected chi connectivity index (χ2v) is 4.69. The van der Waals surface area contributed by atoms with Crippen LogP contribution in [0.25, 0.3) is 10.8 Å². The van der Waals surface area contributed by atoms with Crippen LogP contribution >= 0.6 is 0 Å². The molecule has 0 atom stereocenters. The molecule has 0 aromatic heterocycles. The molecule has 0 unspecified atom stereocenters. The van der Waals surface area contributed by atoms with E-state index in [0.717, 1.165) is 5.39 Å². The van der Waals surface area contributed by atoms with Gasteiger partial charge in [0.25, 0.3) is 0 Å². The zero-order chi connectivity index (χ0) is 14.0. The first-order valence-electron chi connectivity index (χ1n) is 6.41. The Kier molecular flexibility index (Phi) is 3.64. The molecule has 4 nitrogen and oxygen atoms in total. The van der Waals surface area contributed by atoms with Gasteiger partial charge in [0.15, 0.2) is 0 Å². The van der Waals surface area contributed by atoms with E-state index in [2.05, 4.69) is 0 Å². The van der Waals surface area contributed by atoms with Gasteiger partial charge in [-0.1, -0.05) is 26.0 Å². The maximum atomic E-state index is 10.2. The zero-order valence-electron chi connectivity index (χ0n) is 11.2. The SMILES string of the molecule is CCC(CC)(ON)c1cc2c(O)cccc2cc1O. The van der Waals surface area contributed by atoms with E-state index in [1.165, 1.54) is 0 Å². The van der Waals surface area contributed by atoms with Crippen LogP contribution in [0.3, 0.4) is 0 Å². The lowest BCUT2D eigenvalue weighted by Crippen LogP contribution is -2.31. The number of benzene rings is 2. The zero-order valence-corrected chi connectivity index (χ0v) is 11.2. The van der Waals surface area contributed by atoms with E-state index in [-0.39, 0.29) is 11.5 Å². The van der Waals surface area contributed by atoms with Crippen LogP contribution in [0.5, 0.6) is 11.5 Å². The van der Waals surface area contributed by atoms with Gasteiger partial charge in [-0.05, 0) is 36.4 Å². The predicted molar refractivity (Wildman–Crippen MR) is 74.8 cm³/mol. The van der Waals surface area contributed by atoms with Crippen molar-refractivity contribution in [3.8, 4) is 11.5 Å². The molecular formula is C15H19NO3. The number of fused-ring (bicyclic) bond motifs is 1. The van der Waals surface area contributed by atoms with Crippen molar-refractivity contribution >= 4 is 10.8 Å². The van der Waals surface area contributed by atoms with Gasteiger partial charge < -0.3 is 10.2 Å². The molecule has 2 rings (SSSR count). The first-order chi connectivity index (χ1) is 9.07. The third-order valence-corrected chi connectivity index (χ3v) is 3.83. The monoisotopic (exact) mass is 261 g/mol. The highest BCUT2D eigenvalue weighted by Gasteiger charge is 2.32. The number of aromatic hydroxyl groups is 2. The highest BCUT2D eigenvalue weighted by atomic mass is 16.6. The number of phenolic OH excluding ortho intramolecular Hbond substituents is 2. The average molecular weight is 261 g/mol. The molecule has 0 spiro atoms. The molecule has 19 heavy (non-hydrogen) atoms. The van der Waals surface area contributed by atoms with Crippen LogP contribution in [0.2, 0.25) is 0 Å². The molecule has 2 aromatic rings. The summed E-state index contributed by atoms with van der Waals surface area (Å²) in [6, 6.07) is 8.57. The molecule has 0 aliphatic carbocycles. The summed E-state index contributed by atoms with van der Waals surface area (Å²) in [4.78, 5) is 5.15. The van der Waals surface area contributed by atoms with Crippen LogP contribution in [0.15, 0.2) is 30.3 Å². The molecule has 0 radical (unpaired) electrons. The van der Waals surface area contributed by atoms with E-state index in [9.17, 15) is 10.2 Å². The van der Waals surface area contributed by atoms with Crippen molar-refractivity contribution in [2.24, 2.45) is 5.90 Å². The maximum Gasteiger partial charge on any atom is 0.123 e. The van der Waals surface area contributed by atoms with Gasteiger partial charge in [-0.15, -0.1) is 0 Å². The summed E-state index contributed by atoms with van der Waals surface area (Å²) < 4.78 is 0. The van der Waals surface area contributed by atoms with Gasteiger partial charge in [0.2, 0.25) is 0 Å². The van der Waals surface area contributed by atoms with E-state index in [0.29, 0.717) is 23.8 Å². The fourth-order valence-corrected chi connectivity index (χ4v) is 2.52. The third-order valence-electron chi connectivity index (χ3n) is 3.83. The van der Waals surface area contributed by atoms with Crippen LogP contribution in [-0.4, -0.2) is 10.2 Å². The quantitative estimate of drug-likeness (QED) is 0.739. The van der Waals surface area contributed by atoms with E-state index >= 15 is 0 Å². The van der Waals surface area contributed by atoms with Crippen molar-refractivity contribution in [3.05, 3.63) is 35.9 Å². The average Bonchev–Trinajstić information content (AvgIpc) is 2.42. The Hall–Kier alpha value is -1.78. The van der Waals surface area contributed by atoms with Crippen LogP contribution in [-0.2, 0) is 10.4 Å². The second kappa shape index (κ2) is 5.07. The molecule has 0 saturated heterocycles. The minimum Gasteiger partial charge on any atom is -0.508 e. The second-order valence-electron chi connectivity index (χ2n) is 4.69. The molecule has 102 valence electrons. The third kappa shape index (κ3) is 2.13. The summed E-state index contributed by atoms with van der Waals surface area (Å²) in [6.45, 7) is 3.90. The number of hydrogen-bond acceptors (Lipinski definition) is 4. The molecule has 0 aliphatic rings. The molecule has 4 heteroatoms. The van der Waals surface area contributed by atoms with Gasteiger partial charge >= 0.3 is 0 Å². The van der Waals surface area contributed by atoms with E-state index in [1.807, 2.05) is 19.9 Å². The van der Waals surface area contributed by atoms with Gasteiger partial charge in [-0.2, -0.15) is 0 Å². The summed E-state index contributed by atoms with van der Waals surface area (Å²) in [5.74, 6) is 5.75.